The van der Waals surface area contributed by atoms with Gasteiger partial charge in [0.15, 0.2) is 0 Å². The number of hydrazine groups is 1. The molecular weight excluding hydrogens is 257 g/mol. The van der Waals surface area contributed by atoms with Gasteiger partial charge in [-0.2, -0.15) is 0 Å². The molecule has 106 valence electrons. The third kappa shape index (κ3) is 3.03. The van der Waals surface area contributed by atoms with Gasteiger partial charge in [-0.25, -0.2) is 20.2 Å². The molecule has 0 spiro atoms. The summed E-state index contributed by atoms with van der Waals surface area (Å²) in [5.41, 5.74) is 4.40. The number of hydrogen-bond acceptors (Lipinski definition) is 5. The zero-order chi connectivity index (χ0) is 14.5. The highest BCUT2D eigenvalue weighted by atomic mass is 19.1. The van der Waals surface area contributed by atoms with E-state index in [0.717, 1.165) is 23.4 Å². The number of nitrogen functional groups attached to an aromatic ring is 1. The molecule has 5 nitrogen and oxygen atoms in total. The highest BCUT2D eigenvalue weighted by Crippen LogP contribution is 2.23. The Hall–Kier alpha value is -2.21. The molecule has 1 aromatic heterocycles. The van der Waals surface area contributed by atoms with Gasteiger partial charge in [-0.1, -0.05) is 19.1 Å². The zero-order valence-corrected chi connectivity index (χ0v) is 11.6. The zero-order valence-electron chi connectivity index (χ0n) is 11.6. The number of hydrogen-bond donors (Lipinski definition) is 2. The standard InChI is InChI=1S/C14H18FN5/c1-3-12-13(19-16)17-9-18-14(12)20(2)8-10-5-4-6-11(15)7-10/h4-7,9H,3,8,16H2,1-2H3,(H,17,18,19). The summed E-state index contributed by atoms with van der Waals surface area (Å²) in [5.74, 6) is 6.63. The van der Waals surface area contributed by atoms with E-state index in [9.17, 15) is 4.39 Å². The molecule has 3 N–H and O–H groups in total. The third-order valence-electron chi connectivity index (χ3n) is 3.08. The maximum Gasteiger partial charge on any atom is 0.148 e. The maximum absolute atomic E-state index is 13.2. The van der Waals surface area contributed by atoms with Crippen molar-refractivity contribution in [3.05, 3.63) is 47.5 Å². The van der Waals surface area contributed by atoms with Crippen molar-refractivity contribution in [3.8, 4) is 0 Å². The van der Waals surface area contributed by atoms with E-state index in [1.807, 2.05) is 24.9 Å². The van der Waals surface area contributed by atoms with Crippen LogP contribution in [0.2, 0.25) is 0 Å². The van der Waals surface area contributed by atoms with E-state index in [0.29, 0.717) is 12.4 Å². The highest BCUT2D eigenvalue weighted by molar-refractivity contribution is 5.58. The Morgan fingerprint density at radius 1 is 1.35 bits per heavy atom. The predicted octanol–water partition coefficient (Wildman–Crippen LogP) is 2.10. The molecule has 2 rings (SSSR count). The van der Waals surface area contributed by atoms with Gasteiger partial charge in [-0.15, -0.1) is 0 Å². The summed E-state index contributed by atoms with van der Waals surface area (Å²) in [6.07, 6.45) is 2.22. The van der Waals surface area contributed by atoms with Crippen molar-refractivity contribution >= 4 is 11.6 Å². The molecule has 2 aromatic rings. The lowest BCUT2D eigenvalue weighted by molar-refractivity contribution is 0.625. The first-order chi connectivity index (χ1) is 9.65. The number of benzene rings is 1. The van der Waals surface area contributed by atoms with Crippen LogP contribution in [0.25, 0.3) is 0 Å². The lowest BCUT2D eigenvalue weighted by Crippen LogP contribution is -2.21. The van der Waals surface area contributed by atoms with E-state index in [2.05, 4.69) is 15.4 Å². The van der Waals surface area contributed by atoms with Crippen molar-refractivity contribution in [1.29, 1.82) is 0 Å². The van der Waals surface area contributed by atoms with Crippen LogP contribution < -0.4 is 16.2 Å². The first-order valence-electron chi connectivity index (χ1n) is 6.41. The van der Waals surface area contributed by atoms with Crippen molar-refractivity contribution in [2.75, 3.05) is 17.4 Å². The van der Waals surface area contributed by atoms with Crippen LogP contribution in [0.5, 0.6) is 0 Å². The summed E-state index contributed by atoms with van der Waals surface area (Å²) >= 11 is 0. The summed E-state index contributed by atoms with van der Waals surface area (Å²) in [7, 11) is 1.91. The Bertz CT molecular complexity index is 588. The molecule has 0 aliphatic carbocycles. The molecule has 1 aromatic carbocycles. The monoisotopic (exact) mass is 275 g/mol. The molecule has 1 heterocycles. The Kier molecular flexibility index (Phi) is 4.47. The molecule has 0 fully saturated rings. The van der Waals surface area contributed by atoms with E-state index < -0.39 is 0 Å². The number of nitrogens with zero attached hydrogens (tertiary/aromatic N) is 3. The molecule has 0 saturated heterocycles. The van der Waals surface area contributed by atoms with Gasteiger partial charge in [0.2, 0.25) is 0 Å². The molecule has 0 bridgehead atoms. The second-order valence-corrected chi connectivity index (χ2v) is 4.51. The molecule has 0 unspecified atom stereocenters. The second-order valence-electron chi connectivity index (χ2n) is 4.51. The quantitative estimate of drug-likeness (QED) is 0.646. The molecule has 20 heavy (non-hydrogen) atoms. The van der Waals surface area contributed by atoms with Crippen LogP contribution in [0.4, 0.5) is 16.0 Å². The first kappa shape index (κ1) is 14.2. The normalized spacial score (nSPS) is 10.4. The number of aromatic nitrogens is 2. The fraction of sp³-hybridized carbons (Fsp3) is 0.286. The Balaban J connectivity index is 2.27. The fourth-order valence-electron chi connectivity index (χ4n) is 2.17. The average molecular weight is 275 g/mol. The lowest BCUT2D eigenvalue weighted by atomic mass is 10.1. The summed E-state index contributed by atoms with van der Waals surface area (Å²) in [4.78, 5) is 10.4. The Morgan fingerprint density at radius 2 is 2.15 bits per heavy atom. The first-order valence-corrected chi connectivity index (χ1v) is 6.41. The van der Waals surface area contributed by atoms with E-state index in [-0.39, 0.29) is 5.82 Å². The Morgan fingerprint density at radius 3 is 2.80 bits per heavy atom. The van der Waals surface area contributed by atoms with E-state index in [1.54, 1.807) is 6.07 Å². The molecule has 0 radical (unpaired) electrons. The van der Waals surface area contributed by atoms with Crippen molar-refractivity contribution in [2.45, 2.75) is 19.9 Å². The van der Waals surface area contributed by atoms with Crippen molar-refractivity contribution < 1.29 is 4.39 Å². The minimum atomic E-state index is -0.237. The van der Waals surface area contributed by atoms with E-state index in [1.165, 1.54) is 18.5 Å². The van der Waals surface area contributed by atoms with Crippen molar-refractivity contribution in [1.82, 2.24) is 9.97 Å². The van der Waals surface area contributed by atoms with Crippen molar-refractivity contribution in [3.63, 3.8) is 0 Å². The molecular formula is C14H18FN5. The van der Waals surface area contributed by atoms with Gasteiger partial charge in [0.05, 0.1) is 0 Å². The molecule has 0 amide bonds. The average Bonchev–Trinajstić information content (AvgIpc) is 2.46. The molecule has 6 heteroatoms. The number of anilines is 2. The summed E-state index contributed by atoms with van der Waals surface area (Å²) in [5, 5.41) is 0. The number of nitrogens with one attached hydrogen (secondary N) is 1. The number of halogens is 1. The smallest absolute Gasteiger partial charge is 0.148 e. The van der Waals surface area contributed by atoms with Gasteiger partial charge < -0.3 is 10.3 Å². The number of rotatable bonds is 5. The molecule has 0 aliphatic rings. The van der Waals surface area contributed by atoms with Crippen LogP contribution in [-0.4, -0.2) is 17.0 Å². The van der Waals surface area contributed by atoms with E-state index >= 15 is 0 Å². The molecule has 0 aliphatic heterocycles. The van der Waals surface area contributed by atoms with Crippen LogP contribution in [0.1, 0.15) is 18.1 Å². The maximum atomic E-state index is 13.2. The minimum absolute atomic E-state index is 0.237. The van der Waals surface area contributed by atoms with Gasteiger partial charge in [-0.05, 0) is 24.1 Å². The van der Waals surface area contributed by atoms with Gasteiger partial charge >= 0.3 is 0 Å². The van der Waals surface area contributed by atoms with Gasteiger partial charge in [0.25, 0.3) is 0 Å². The van der Waals surface area contributed by atoms with Gasteiger partial charge in [-0.3, -0.25) is 0 Å². The highest BCUT2D eigenvalue weighted by Gasteiger charge is 2.13. The fourth-order valence-corrected chi connectivity index (χ4v) is 2.17. The molecule has 0 saturated carbocycles. The third-order valence-corrected chi connectivity index (χ3v) is 3.08. The van der Waals surface area contributed by atoms with Crippen molar-refractivity contribution in [2.24, 2.45) is 5.84 Å². The van der Waals surface area contributed by atoms with Crippen LogP contribution in [0.3, 0.4) is 0 Å². The second kappa shape index (κ2) is 6.29. The van der Waals surface area contributed by atoms with Gasteiger partial charge in [0.1, 0.15) is 23.8 Å². The lowest BCUT2D eigenvalue weighted by Gasteiger charge is -2.22. The summed E-state index contributed by atoms with van der Waals surface area (Å²) in [6, 6.07) is 6.54. The van der Waals surface area contributed by atoms with Crippen LogP contribution >= 0.6 is 0 Å². The molecule has 0 atom stereocenters. The Labute approximate surface area is 117 Å². The predicted molar refractivity (Wildman–Crippen MR) is 77.7 cm³/mol. The van der Waals surface area contributed by atoms with Crippen LogP contribution in [0, 0.1) is 5.82 Å². The summed E-state index contributed by atoms with van der Waals surface area (Å²) in [6.45, 7) is 2.57. The number of nitrogens with two attached hydrogens (primary N) is 1. The SMILES string of the molecule is CCc1c(NN)ncnc1N(C)Cc1cccc(F)c1. The summed E-state index contributed by atoms with van der Waals surface area (Å²) < 4.78 is 13.2. The van der Waals surface area contributed by atoms with Crippen LogP contribution in [0.15, 0.2) is 30.6 Å². The topological polar surface area (TPSA) is 67.1 Å². The largest absolute Gasteiger partial charge is 0.355 e. The minimum Gasteiger partial charge on any atom is -0.355 e. The van der Waals surface area contributed by atoms with Gasteiger partial charge in [0, 0.05) is 19.2 Å². The van der Waals surface area contributed by atoms with E-state index in [4.69, 9.17) is 5.84 Å². The van der Waals surface area contributed by atoms with Crippen LogP contribution in [-0.2, 0) is 13.0 Å².